The van der Waals surface area contributed by atoms with Crippen molar-refractivity contribution in [2.24, 2.45) is 0 Å². The standard InChI is InChI=1S/C14H15Cl2N3O2/c1-7-8(2)18-14(13(16)17-7)19-10-6-11(20-3)9(15)5-12(10)21-4/h5-6H,1-4H3,(H,18,19). The van der Waals surface area contributed by atoms with Crippen LogP contribution in [0.25, 0.3) is 0 Å². The Balaban J connectivity index is 2.45. The maximum atomic E-state index is 6.12. The number of nitrogens with zero attached hydrogens (tertiary/aromatic N) is 2. The number of ether oxygens (including phenoxy) is 2. The molecule has 0 radical (unpaired) electrons. The molecule has 0 aliphatic heterocycles. The highest BCUT2D eigenvalue weighted by Gasteiger charge is 2.13. The maximum Gasteiger partial charge on any atom is 0.172 e. The second-order valence-corrected chi connectivity index (χ2v) is 5.11. The molecule has 0 aliphatic rings. The summed E-state index contributed by atoms with van der Waals surface area (Å²) in [6.07, 6.45) is 0. The van der Waals surface area contributed by atoms with Crippen molar-refractivity contribution < 1.29 is 9.47 Å². The molecule has 112 valence electrons. The van der Waals surface area contributed by atoms with Crippen LogP contribution in [-0.2, 0) is 0 Å². The van der Waals surface area contributed by atoms with Gasteiger partial charge in [-0.25, -0.2) is 9.97 Å². The van der Waals surface area contributed by atoms with Gasteiger partial charge in [0, 0.05) is 12.1 Å². The normalized spacial score (nSPS) is 10.4. The van der Waals surface area contributed by atoms with Crippen molar-refractivity contribution in [2.75, 3.05) is 19.5 Å². The number of rotatable bonds is 4. The Kier molecular flexibility index (Phi) is 4.75. The summed E-state index contributed by atoms with van der Waals surface area (Å²) in [5.74, 6) is 1.52. The van der Waals surface area contributed by atoms with Gasteiger partial charge in [-0.3, -0.25) is 0 Å². The fourth-order valence-electron chi connectivity index (χ4n) is 1.74. The van der Waals surface area contributed by atoms with Crippen molar-refractivity contribution in [3.8, 4) is 11.5 Å². The lowest BCUT2D eigenvalue weighted by atomic mass is 10.2. The number of hydrogen-bond acceptors (Lipinski definition) is 5. The Morgan fingerprint density at radius 2 is 1.57 bits per heavy atom. The highest BCUT2D eigenvalue weighted by Crippen LogP contribution is 2.37. The lowest BCUT2D eigenvalue weighted by Gasteiger charge is -2.14. The van der Waals surface area contributed by atoms with Crippen LogP contribution in [0.3, 0.4) is 0 Å². The van der Waals surface area contributed by atoms with Crippen molar-refractivity contribution in [1.29, 1.82) is 0 Å². The number of aromatic nitrogens is 2. The Labute approximate surface area is 133 Å². The zero-order valence-corrected chi connectivity index (χ0v) is 13.6. The Bertz CT molecular complexity index is 678. The van der Waals surface area contributed by atoms with E-state index in [-0.39, 0.29) is 5.15 Å². The van der Waals surface area contributed by atoms with E-state index < -0.39 is 0 Å². The number of hydrogen-bond donors (Lipinski definition) is 1. The number of nitrogens with one attached hydrogen (secondary N) is 1. The predicted molar refractivity (Wildman–Crippen MR) is 84.4 cm³/mol. The molecule has 0 amide bonds. The van der Waals surface area contributed by atoms with Gasteiger partial charge in [-0.15, -0.1) is 0 Å². The summed E-state index contributed by atoms with van der Waals surface area (Å²) in [5, 5.41) is 3.83. The van der Waals surface area contributed by atoms with E-state index in [2.05, 4.69) is 15.3 Å². The topological polar surface area (TPSA) is 56.3 Å². The van der Waals surface area contributed by atoms with Gasteiger partial charge in [0.15, 0.2) is 11.0 Å². The van der Waals surface area contributed by atoms with Gasteiger partial charge in [-0.1, -0.05) is 23.2 Å². The first-order valence-electron chi connectivity index (χ1n) is 6.15. The van der Waals surface area contributed by atoms with E-state index in [9.17, 15) is 0 Å². The molecule has 1 aromatic carbocycles. The smallest absolute Gasteiger partial charge is 0.172 e. The van der Waals surface area contributed by atoms with Crippen LogP contribution in [0, 0.1) is 13.8 Å². The van der Waals surface area contributed by atoms with Gasteiger partial charge >= 0.3 is 0 Å². The van der Waals surface area contributed by atoms with E-state index >= 15 is 0 Å². The third-order valence-corrected chi connectivity index (χ3v) is 3.55. The summed E-state index contributed by atoms with van der Waals surface area (Å²) in [5.41, 5.74) is 2.21. The third-order valence-electron chi connectivity index (χ3n) is 2.99. The summed E-state index contributed by atoms with van der Waals surface area (Å²) >= 11 is 12.2. The molecule has 1 aromatic heterocycles. The van der Waals surface area contributed by atoms with Gasteiger partial charge in [0.2, 0.25) is 0 Å². The average molecular weight is 328 g/mol. The van der Waals surface area contributed by atoms with E-state index in [0.717, 1.165) is 11.4 Å². The summed E-state index contributed by atoms with van der Waals surface area (Å²) < 4.78 is 10.5. The Morgan fingerprint density at radius 1 is 0.952 bits per heavy atom. The number of halogens is 2. The summed E-state index contributed by atoms with van der Waals surface area (Å²) in [6, 6.07) is 3.37. The quantitative estimate of drug-likeness (QED) is 0.913. The molecule has 0 saturated heterocycles. The molecule has 21 heavy (non-hydrogen) atoms. The molecule has 0 bridgehead atoms. The van der Waals surface area contributed by atoms with E-state index in [1.807, 2.05) is 13.8 Å². The molecule has 2 aromatic rings. The van der Waals surface area contributed by atoms with Crippen molar-refractivity contribution in [1.82, 2.24) is 9.97 Å². The fraction of sp³-hybridized carbons (Fsp3) is 0.286. The molecule has 5 nitrogen and oxygen atoms in total. The molecule has 0 spiro atoms. The molecule has 0 atom stereocenters. The monoisotopic (exact) mass is 327 g/mol. The average Bonchev–Trinajstić information content (AvgIpc) is 2.45. The van der Waals surface area contributed by atoms with Crippen LogP contribution in [0.5, 0.6) is 11.5 Å². The minimum atomic E-state index is 0.286. The molecule has 2 rings (SSSR count). The van der Waals surface area contributed by atoms with Crippen LogP contribution in [0.1, 0.15) is 11.4 Å². The minimum Gasteiger partial charge on any atom is -0.495 e. The molecule has 0 saturated carbocycles. The molecule has 0 aliphatic carbocycles. The number of aryl methyl sites for hydroxylation is 2. The minimum absolute atomic E-state index is 0.286. The van der Waals surface area contributed by atoms with Crippen molar-refractivity contribution in [3.05, 3.63) is 33.7 Å². The first-order chi connectivity index (χ1) is 9.96. The molecule has 7 heteroatoms. The molecular weight excluding hydrogens is 313 g/mol. The van der Waals surface area contributed by atoms with Crippen LogP contribution in [-0.4, -0.2) is 24.2 Å². The van der Waals surface area contributed by atoms with Crippen LogP contribution >= 0.6 is 23.2 Å². The van der Waals surface area contributed by atoms with Gasteiger partial charge in [0.05, 0.1) is 36.3 Å². The SMILES string of the molecule is COc1cc(Nc2nc(C)c(C)nc2Cl)c(OC)cc1Cl. The number of benzene rings is 1. The highest BCUT2D eigenvalue weighted by molar-refractivity contribution is 6.32. The third kappa shape index (κ3) is 3.31. The van der Waals surface area contributed by atoms with Crippen LogP contribution in [0.15, 0.2) is 12.1 Å². The van der Waals surface area contributed by atoms with Gasteiger partial charge < -0.3 is 14.8 Å². The number of methoxy groups -OCH3 is 2. The summed E-state index contributed by atoms with van der Waals surface area (Å²) in [7, 11) is 3.09. The van der Waals surface area contributed by atoms with Crippen molar-refractivity contribution in [2.45, 2.75) is 13.8 Å². The van der Waals surface area contributed by atoms with E-state index in [0.29, 0.717) is 28.0 Å². The Morgan fingerprint density at radius 3 is 2.19 bits per heavy atom. The van der Waals surface area contributed by atoms with E-state index in [4.69, 9.17) is 32.7 Å². The molecule has 0 unspecified atom stereocenters. The maximum absolute atomic E-state index is 6.12. The van der Waals surface area contributed by atoms with Crippen LogP contribution in [0.2, 0.25) is 10.2 Å². The zero-order valence-electron chi connectivity index (χ0n) is 12.1. The largest absolute Gasteiger partial charge is 0.495 e. The van der Waals surface area contributed by atoms with Gasteiger partial charge in [-0.05, 0) is 13.8 Å². The van der Waals surface area contributed by atoms with Crippen LogP contribution < -0.4 is 14.8 Å². The molecule has 1 heterocycles. The van der Waals surface area contributed by atoms with Gasteiger partial charge in [-0.2, -0.15) is 0 Å². The zero-order chi connectivity index (χ0) is 15.6. The highest BCUT2D eigenvalue weighted by atomic mass is 35.5. The number of anilines is 2. The second-order valence-electron chi connectivity index (χ2n) is 4.35. The van der Waals surface area contributed by atoms with Gasteiger partial charge in [0.25, 0.3) is 0 Å². The van der Waals surface area contributed by atoms with E-state index in [1.165, 1.54) is 0 Å². The lowest BCUT2D eigenvalue weighted by molar-refractivity contribution is 0.405. The fourth-order valence-corrected chi connectivity index (χ4v) is 2.19. The van der Waals surface area contributed by atoms with Crippen molar-refractivity contribution >= 4 is 34.7 Å². The molecule has 0 fully saturated rings. The summed E-state index contributed by atoms with van der Waals surface area (Å²) in [6.45, 7) is 3.72. The first kappa shape index (κ1) is 15.7. The lowest BCUT2D eigenvalue weighted by Crippen LogP contribution is -2.02. The molecular formula is C14H15Cl2N3O2. The summed E-state index contributed by atoms with van der Waals surface area (Å²) in [4.78, 5) is 8.61. The predicted octanol–water partition coefficient (Wildman–Crippen LogP) is 4.16. The molecule has 1 N–H and O–H groups in total. The first-order valence-corrected chi connectivity index (χ1v) is 6.91. The van der Waals surface area contributed by atoms with Crippen LogP contribution in [0.4, 0.5) is 11.5 Å². The Hall–Kier alpha value is -1.72. The second kappa shape index (κ2) is 6.37. The van der Waals surface area contributed by atoms with E-state index in [1.54, 1.807) is 26.4 Å². The van der Waals surface area contributed by atoms with Crippen molar-refractivity contribution in [3.63, 3.8) is 0 Å². The van der Waals surface area contributed by atoms with Gasteiger partial charge in [0.1, 0.15) is 11.5 Å².